The van der Waals surface area contributed by atoms with Crippen LogP contribution < -0.4 is 0 Å². The van der Waals surface area contributed by atoms with Gasteiger partial charge in [0.05, 0.1) is 0 Å². The molecule has 0 aromatic rings. The third-order valence-electron chi connectivity index (χ3n) is 0.713. The molecule has 1 unspecified atom stereocenters. The Kier molecular flexibility index (Phi) is 3.08. The van der Waals surface area contributed by atoms with Gasteiger partial charge in [0.1, 0.15) is 6.61 Å². The third kappa shape index (κ3) is 2.18. The van der Waals surface area contributed by atoms with Gasteiger partial charge in [0, 0.05) is 6.42 Å². The summed E-state index contributed by atoms with van der Waals surface area (Å²) in [5.74, 6) is 0. The van der Waals surface area contributed by atoms with Crippen LogP contribution in [0.2, 0.25) is 0 Å². The first kappa shape index (κ1) is 5.92. The van der Waals surface area contributed by atoms with Crippen LogP contribution in [0, 0.1) is 0 Å². The number of hydrogen-bond donors (Lipinski definition) is 1. The van der Waals surface area contributed by atoms with Gasteiger partial charge in [-0.1, -0.05) is 6.92 Å². The van der Waals surface area contributed by atoms with Crippen molar-refractivity contribution < 1.29 is 10.2 Å². The van der Waals surface area contributed by atoms with Crippen molar-refractivity contribution in [3.8, 4) is 0 Å². The van der Waals surface area contributed by atoms with Crippen molar-refractivity contribution in [1.82, 2.24) is 0 Å². The van der Waals surface area contributed by atoms with Crippen LogP contribution in [0.4, 0.5) is 0 Å². The Labute approximate surface area is 37.4 Å². The molecule has 0 aromatic heterocycles. The first-order valence-electron chi connectivity index (χ1n) is 2.13. The van der Waals surface area contributed by atoms with Crippen molar-refractivity contribution in [3.05, 3.63) is 0 Å². The van der Waals surface area contributed by atoms with Crippen LogP contribution in [0.25, 0.3) is 0 Å². The Morgan fingerprint density at radius 3 is 2.33 bits per heavy atom. The average molecular weight is 91.1 g/mol. The van der Waals surface area contributed by atoms with E-state index in [-0.39, 0.29) is 12.7 Å². The Hall–Kier alpha value is -0.0800. The minimum absolute atomic E-state index is 0.00347. The molecule has 3 N–H and O–H groups in total. The summed E-state index contributed by atoms with van der Waals surface area (Å²) in [6.07, 6.45) is 0.487. The molecule has 0 amide bonds. The molecule has 0 aliphatic heterocycles. The summed E-state index contributed by atoms with van der Waals surface area (Å²) < 4.78 is 0. The predicted molar refractivity (Wildman–Crippen MR) is 24.8 cm³/mol. The van der Waals surface area contributed by atoms with Gasteiger partial charge in [-0.05, 0) is 0 Å². The summed E-state index contributed by atoms with van der Waals surface area (Å²) in [6.45, 7) is 1.88. The zero-order valence-electron chi connectivity index (χ0n) is 3.94. The minimum Gasteiger partial charge on any atom is -0.442 e. The van der Waals surface area contributed by atoms with Crippen LogP contribution in [0.3, 0.4) is 0 Å². The monoisotopic (exact) mass is 91.1 g/mol. The van der Waals surface area contributed by atoms with Crippen LogP contribution in [0.5, 0.6) is 0 Å². The maximum absolute atomic E-state index is 8.15. The van der Waals surface area contributed by atoms with E-state index in [0.29, 0.717) is 0 Å². The summed E-state index contributed by atoms with van der Waals surface area (Å²) >= 11 is 0. The Morgan fingerprint density at radius 2 is 2.33 bits per heavy atom. The van der Waals surface area contributed by atoms with Crippen molar-refractivity contribution in [3.63, 3.8) is 0 Å². The predicted octanol–water partition coefficient (Wildman–Crippen LogP) is -0.518. The Balaban J connectivity index is 2.75. The highest BCUT2D eigenvalue weighted by atomic mass is 16.3. The van der Waals surface area contributed by atoms with E-state index in [1.165, 1.54) is 0 Å². The SMILES string of the molecule is CCC([OH2+])CO. The molecule has 6 heavy (non-hydrogen) atoms. The number of aliphatic hydroxyl groups is 1. The minimum atomic E-state index is -0.259. The quantitative estimate of drug-likeness (QED) is 0.457. The smallest absolute Gasteiger partial charge is 0.176 e. The van der Waals surface area contributed by atoms with Crippen molar-refractivity contribution in [2.75, 3.05) is 6.61 Å². The molecule has 1 atom stereocenters. The zero-order valence-corrected chi connectivity index (χ0v) is 3.94. The molecule has 0 saturated heterocycles. The lowest BCUT2D eigenvalue weighted by Gasteiger charge is -1.93. The molecule has 0 rings (SSSR count). The average Bonchev–Trinajstić information content (AvgIpc) is 1.65. The maximum atomic E-state index is 8.15. The van der Waals surface area contributed by atoms with Crippen LogP contribution in [-0.2, 0) is 0 Å². The second kappa shape index (κ2) is 3.12. The van der Waals surface area contributed by atoms with Gasteiger partial charge in [-0.15, -0.1) is 0 Å². The lowest BCUT2D eigenvalue weighted by molar-refractivity contribution is 0.0923. The summed E-state index contributed by atoms with van der Waals surface area (Å²) in [4.78, 5) is 0. The van der Waals surface area contributed by atoms with Gasteiger partial charge in [0.15, 0.2) is 6.10 Å². The lowest BCUT2D eigenvalue weighted by atomic mass is 10.3. The molecule has 0 saturated carbocycles. The van der Waals surface area contributed by atoms with E-state index in [9.17, 15) is 0 Å². The van der Waals surface area contributed by atoms with E-state index in [0.717, 1.165) is 6.42 Å². The molecule has 2 heteroatoms. The second-order valence-electron chi connectivity index (χ2n) is 1.29. The standard InChI is InChI=1S/C4H10O2/c1-2-4(6)3-5/h4-6H,2-3H2,1H3/p+1. The van der Waals surface area contributed by atoms with Crippen molar-refractivity contribution >= 4 is 0 Å². The normalized spacial score (nSPS) is 14.5. The molecule has 0 spiro atoms. The van der Waals surface area contributed by atoms with Crippen LogP contribution >= 0.6 is 0 Å². The summed E-state index contributed by atoms with van der Waals surface area (Å²) in [5, 5.41) is 15.0. The summed E-state index contributed by atoms with van der Waals surface area (Å²) in [7, 11) is 0. The number of aliphatic hydroxyl groups excluding tert-OH is 1. The molecule has 2 nitrogen and oxygen atoms in total. The molecular formula is C4H11O2+. The van der Waals surface area contributed by atoms with Crippen molar-refractivity contribution in [1.29, 1.82) is 0 Å². The van der Waals surface area contributed by atoms with E-state index in [4.69, 9.17) is 10.2 Å². The number of hydrogen-bond acceptors (Lipinski definition) is 1. The summed E-state index contributed by atoms with van der Waals surface area (Å²) in [5.41, 5.74) is 0. The summed E-state index contributed by atoms with van der Waals surface area (Å²) in [6, 6.07) is 0. The first-order chi connectivity index (χ1) is 2.81. The van der Waals surface area contributed by atoms with E-state index < -0.39 is 0 Å². The largest absolute Gasteiger partial charge is 0.442 e. The molecule has 0 aliphatic carbocycles. The molecule has 38 valence electrons. The Morgan fingerprint density at radius 1 is 1.83 bits per heavy atom. The van der Waals surface area contributed by atoms with Crippen LogP contribution in [0.1, 0.15) is 13.3 Å². The molecule has 0 aromatic carbocycles. The van der Waals surface area contributed by atoms with Gasteiger partial charge in [-0.2, -0.15) is 0 Å². The van der Waals surface area contributed by atoms with Crippen LogP contribution in [0.15, 0.2) is 0 Å². The fraction of sp³-hybridized carbons (Fsp3) is 1.00. The van der Waals surface area contributed by atoms with E-state index in [1.807, 2.05) is 6.92 Å². The third-order valence-corrected chi connectivity index (χ3v) is 0.713. The van der Waals surface area contributed by atoms with E-state index in [1.54, 1.807) is 0 Å². The fourth-order valence-electron chi connectivity index (χ4n) is 0.129. The lowest BCUT2D eigenvalue weighted by Crippen LogP contribution is -2.08. The van der Waals surface area contributed by atoms with E-state index >= 15 is 0 Å². The first-order valence-corrected chi connectivity index (χ1v) is 2.13. The van der Waals surface area contributed by atoms with Gasteiger partial charge in [0.25, 0.3) is 0 Å². The highest BCUT2D eigenvalue weighted by Gasteiger charge is 1.97. The highest BCUT2D eigenvalue weighted by molar-refractivity contribution is 4.43. The zero-order chi connectivity index (χ0) is 4.99. The van der Waals surface area contributed by atoms with Crippen LogP contribution in [-0.4, -0.2) is 22.9 Å². The van der Waals surface area contributed by atoms with E-state index in [2.05, 4.69) is 0 Å². The topological polar surface area (TPSA) is 43.1 Å². The number of rotatable bonds is 2. The Bertz CT molecular complexity index is 24.7. The van der Waals surface area contributed by atoms with Crippen molar-refractivity contribution in [2.45, 2.75) is 19.4 Å². The molecule has 0 radical (unpaired) electrons. The maximum Gasteiger partial charge on any atom is 0.176 e. The molecule has 0 aliphatic rings. The van der Waals surface area contributed by atoms with Crippen molar-refractivity contribution in [2.24, 2.45) is 0 Å². The molecule has 0 bridgehead atoms. The van der Waals surface area contributed by atoms with Gasteiger partial charge < -0.3 is 10.2 Å². The van der Waals surface area contributed by atoms with Gasteiger partial charge in [-0.3, -0.25) is 0 Å². The van der Waals surface area contributed by atoms with Gasteiger partial charge >= 0.3 is 0 Å². The molecule has 0 heterocycles. The molecular weight excluding hydrogens is 80.0 g/mol. The molecule has 0 fully saturated rings. The fourth-order valence-corrected chi connectivity index (χ4v) is 0.129. The van der Waals surface area contributed by atoms with Gasteiger partial charge in [0.2, 0.25) is 0 Å². The second-order valence-corrected chi connectivity index (χ2v) is 1.29. The highest BCUT2D eigenvalue weighted by Crippen LogP contribution is 1.83. The van der Waals surface area contributed by atoms with Gasteiger partial charge in [-0.25, -0.2) is 0 Å².